The molecule has 2 aromatic rings. The van der Waals surface area contributed by atoms with E-state index in [0.29, 0.717) is 0 Å². The summed E-state index contributed by atoms with van der Waals surface area (Å²) < 4.78 is 7.37. The molecule has 0 heterocycles. The Balaban J connectivity index is 0.000000353. The van der Waals surface area contributed by atoms with Gasteiger partial charge in [0.2, 0.25) is 0 Å². The smallest absolute Gasteiger partial charge is 1.00 e. The van der Waals surface area contributed by atoms with Crippen molar-refractivity contribution in [2.24, 2.45) is 0 Å². The van der Waals surface area contributed by atoms with Gasteiger partial charge in [0.15, 0.2) is 0 Å². The molecule has 2 aromatic carbocycles. The standard InChI is InChI=1S/2C9H7.2C4H11NOSi.2ClH.In.Zr.H/c2*1-2-5-9-7-3-6-8(9)4-1;2*1-7(2,3)4(5)6;;;;;/h2*1-7H;2*1-3H3,(H2,5,6);2*1H;;;/q;;;;;;2*+2;/p-4. The van der Waals surface area contributed by atoms with Gasteiger partial charge in [-0.3, -0.25) is 0 Å². The number of carbonyl (C=O) groups excluding carboxylic acids is 2. The van der Waals surface area contributed by atoms with E-state index in [4.69, 9.17) is 0 Å². The zero-order valence-corrected chi connectivity index (χ0v) is 31.9. The Morgan fingerprint density at radius 2 is 1.06 bits per heavy atom. The molecule has 0 saturated heterocycles. The Morgan fingerprint density at radius 1 is 0.694 bits per heavy atom. The summed E-state index contributed by atoms with van der Waals surface area (Å²) in [5.41, 5.74) is 6.34. The van der Waals surface area contributed by atoms with Gasteiger partial charge in [-0.15, -0.1) is 0 Å². The molecule has 2 unspecified atom stereocenters. The van der Waals surface area contributed by atoms with Crippen LogP contribution in [0.25, 0.3) is 12.2 Å². The second-order valence-electron chi connectivity index (χ2n) is 10.8. The van der Waals surface area contributed by atoms with E-state index in [1.165, 1.54) is 11.1 Å². The zero-order valence-electron chi connectivity index (χ0n) is 21.9. The van der Waals surface area contributed by atoms with Crippen LogP contribution in [0.4, 0.5) is 9.59 Å². The summed E-state index contributed by atoms with van der Waals surface area (Å²) in [6, 6.07) is 17.7. The molecule has 4 rings (SSSR count). The van der Waals surface area contributed by atoms with Gasteiger partial charge in [-0.05, 0) is 0 Å². The van der Waals surface area contributed by atoms with Crippen LogP contribution in [0.15, 0.2) is 60.7 Å². The second-order valence-corrected chi connectivity index (χ2v) is 27.6. The molecule has 0 bridgehead atoms. The van der Waals surface area contributed by atoms with Crippen LogP contribution in [0.3, 0.4) is 0 Å². The molecule has 0 saturated carbocycles. The monoisotopic (exact) mass is 738 g/mol. The van der Waals surface area contributed by atoms with Crippen LogP contribution in [-0.4, -0.2) is 50.7 Å². The van der Waals surface area contributed by atoms with Gasteiger partial charge in [0.1, 0.15) is 0 Å². The molecule has 0 aromatic heterocycles. The average Bonchev–Trinajstić information content (AvgIpc) is 3.38. The van der Waals surface area contributed by atoms with Crippen LogP contribution in [-0.2, 0) is 23.2 Å². The molecule has 36 heavy (non-hydrogen) atoms. The van der Waals surface area contributed by atoms with E-state index < -0.39 is 62.9 Å². The van der Waals surface area contributed by atoms with Crippen molar-refractivity contribution in [3.05, 3.63) is 82.9 Å². The van der Waals surface area contributed by atoms with Crippen molar-refractivity contribution < 1.29 is 57.6 Å². The number of amides is 2. The van der Waals surface area contributed by atoms with E-state index in [1.807, 2.05) is 39.3 Å². The topological polar surface area (TPSA) is 58.2 Å². The minimum atomic E-state index is -1.72. The van der Waals surface area contributed by atoms with Crippen LogP contribution >= 0.6 is 0 Å². The third kappa shape index (κ3) is 9.43. The SMILES string of the molecule is C1=C[CH]([Zr+2][CH]2C=Cc3ccccc32)c2ccccc21.C[Si](C)(C)C(=O)[NH][InH][NH]C(=O)[Si](C)(C)C.[Cl-].[Cl-]. The van der Waals surface area contributed by atoms with Crippen molar-refractivity contribution in [3.63, 3.8) is 0 Å². The minimum Gasteiger partial charge on any atom is -1.00 e. The van der Waals surface area contributed by atoms with Gasteiger partial charge in [0.25, 0.3) is 0 Å². The number of halogens is 2. The number of hydrogen-bond donors (Lipinski definition) is 2. The molecular formula is C26H35Cl2InN2O2Si2Zr. The molecule has 2 amide bonds. The number of rotatable bonds is 6. The predicted molar refractivity (Wildman–Crippen MR) is 147 cm³/mol. The third-order valence-corrected chi connectivity index (χ3v) is 18.0. The molecule has 0 spiro atoms. The van der Waals surface area contributed by atoms with Crippen LogP contribution in [0.1, 0.15) is 29.5 Å². The van der Waals surface area contributed by atoms with Crippen molar-refractivity contribution in [1.82, 2.24) is 6.61 Å². The van der Waals surface area contributed by atoms with E-state index >= 15 is 0 Å². The molecule has 0 radical (unpaired) electrons. The maximum absolute atomic E-state index is 11.6. The van der Waals surface area contributed by atoms with Crippen LogP contribution in [0.2, 0.25) is 39.3 Å². The van der Waals surface area contributed by atoms with Crippen molar-refractivity contribution in [2.75, 3.05) is 0 Å². The molecule has 2 N–H and O–H groups in total. The molecular weight excluding hydrogens is 705 g/mol. The van der Waals surface area contributed by atoms with E-state index in [0.717, 1.165) is 7.25 Å². The Kier molecular flexibility index (Phi) is 13.7. The summed E-state index contributed by atoms with van der Waals surface area (Å²) in [7, 11) is -3.43. The minimum absolute atomic E-state index is 0. The van der Waals surface area contributed by atoms with Crippen molar-refractivity contribution in [2.45, 2.75) is 46.5 Å². The van der Waals surface area contributed by atoms with Gasteiger partial charge in [-0.25, -0.2) is 0 Å². The Bertz CT molecular complexity index is 1030. The van der Waals surface area contributed by atoms with Crippen LogP contribution < -0.4 is 31.4 Å². The fourth-order valence-electron chi connectivity index (χ4n) is 3.72. The first kappa shape index (κ1) is 33.7. The van der Waals surface area contributed by atoms with Crippen molar-refractivity contribution in [3.8, 4) is 0 Å². The third-order valence-electron chi connectivity index (χ3n) is 5.82. The van der Waals surface area contributed by atoms with Gasteiger partial charge in [-0.1, -0.05) is 0 Å². The Labute approximate surface area is 254 Å². The molecule has 0 fully saturated rings. The number of fused-ring (bicyclic) bond motifs is 2. The Hall–Kier alpha value is -0.373. The number of allylic oxidation sites excluding steroid dienone is 2. The molecule has 0 aliphatic heterocycles. The van der Waals surface area contributed by atoms with Gasteiger partial charge in [-0.2, -0.15) is 0 Å². The maximum Gasteiger partial charge on any atom is -1.00 e. The summed E-state index contributed by atoms with van der Waals surface area (Å²) in [6.07, 6.45) is 9.49. The Morgan fingerprint density at radius 3 is 1.42 bits per heavy atom. The number of hydrogen-bond acceptors (Lipinski definition) is 2. The van der Waals surface area contributed by atoms with Gasteiger partial charge < -0.3 is 24.8 Å². The summed E-state index contributed by atoms with van der Waals surface area (Å²) >= 11 is -2.14. The maximum atomic E-state index is 11.6. The summed E-state index contributed by atoms with van der Waals surface area (Å²) in [5.74, 6) is 0. The van der Waals surface area contributed by atoms with Crippen molar-refractivity contribution in [1.29, 1.82) is 0 Å². The predicted octanol–water partition coefficient (Wildman–Crippen LogP) is 0.125. The van der Waals surface area contributed by atoms with E-state index in [9.17, 15) is 9.59 Å². The average molecular weight is 741 g/mol. The van der Waals surface area contributed by atoms with Crippen LogP contribution in [0.5, 0.6) is 0 Å². The second kappa shape index (κ2) is 14.7. The first-order valence-electron chi connectivity index (χ1n) is 11.8. The molecule has 2 atom stereocenters. The van der Waals surface area contributed by atoms with E-state index in [1.54, 1.807) is 11.1 Å². The molecule has 2 aliphatic carbocycles. The number of nitrogens with one attached hydrogen (secondary N) is 2. The van der Waals surface area contributed by atoms with Crippen LogP contribution in [0, 0.1) is 0 Å². The zero-order chi connectivity index (χ0) is 24.9. The van der Waals surface area contributed by atoms with E-state index in [-0.39, 0.29) is 35.9 Å². The number of benzene rings is 2. The van der Waals surface area contributed by atoms with Crippen molar-refractivity contribution >= 4 is 62.8 Å². The first-order chi connectivity index (χ1) is 16.0. The summed E-state index contributed by atoms with van der Waals surface area (Å²) in [5, 5.41) is 0. The van der Waals surface area contributed by atoms with Gasteiger partial charge >= 0.3 is 232 Å². The summed E-state index contributed by atoms with van der Waals surface area (Å²) in [4.78, 5) is 23.1. The quantitative estimate of drug-likeness (QED) is 0.415. The summed E-state index contributed by atoms with van der Waals surface area (Å²) in [6.45, 7) is 12.1. The van der Waals surface area contributed by atoms with E-state index in [2.05, 4.69) is 79.4 Å². The molecule has 190 valence electrons. The molecule has 10 heteroatoms. The number of carbonyl (C=O) groups is 2. The first-order valence-corrected chi connectivity index (χ1v) is 25.7. The van der Waals surface area contributed by atoms with Gasteiger partial charge in [0.05, 0.1) is 0 Å². The molecule has 4 nitrogen and oxygen atoms in total. The fourth-order valence-corrected chi connectivity index (χ4v) is 20.4. The largest absolute Gasteiger partial charge is 1.00 e. The van der Waals surface area contributed by atoms with Gasteiger partial charge in [0, 0.05) is 0 Å². The normalized spacial score (nSPS) is 16.6. The fraction of sp³-hybridized carbons (Fsp3) is 0.308. The molecule has 2 aliphatic rings.